The Balaban J connectivity index is 1.75. The van der Waals surface area contributed by atoms with Crippen LogP contribution in [0.4, 0.5) is 5.69 Å². The third-order valence-corrected chi connectivity index (χ3v) is 7.58. The lowest BCUT2D eigenvalue weighted by Gasteiger charge is -2.33. The van der Waals surface area contributed by atoms with E-state index in [1.165, 1.54) is 24.9 Å². The minimum absolute atomic E-state index is 0.0809. The van der Waals surface area contributed by atoms with Crippen LogP contribution in [0, 0.1) is 0 Å². The molecule has 1 aliphatic rings. The van der Waals surface area contributed by atoms with Crippen molar-refractivity contribution >= 4 is 34.8 Å². The predicted octanol–water partition coefficient (Wildman–Crippen LogP) is 5.70. The molecule has 0 saturated heterocycles. The summed E-state index contributed by atoms with van der Waals surface area (Å²) in [6.45, 7) is 2.44. The van der Waals surface area contributed by atoms with E-state index in [2.05, 4.69) is 5.32 Å². The van der Waals surface area contributed by atoms with E-state index in [4.69, 9.17) is 9.47 Å². The first-order chi connectivity index (χ1) is 18.5. The molecular formula is C30H34N2O5S. The molecule has 1 aromatic heterocycles. The summed E-state index contributed by atoms with van der Waals surface area (Å²) in [6, 6.07) is 16.9. The molecule has 1 aliphatic carbocycles. The Bertz CT molecular complexity index is 1200. The van der Waals surface area contributed by atoms with Gasteiger partial charge in [-0.25, -0.2) is 4.79 Å². The maximum absolute atomic E-state index is 14.0. The van der Waals surface area contributed by atoms with Gasteiger partial charge in [0.15, 0.2) is 0 Å². The highest BCUT2D eigenvalue weighted by Crippen LogP contribution is 2.31. The number of hydrogen-bond donors (Lipinski definition) is 1. The smallest absolute Gasteiger partial charge is 0.337 e. The molecule has 7 nitrogen and oxygen atoms in total. The number of nitrogens with one attached hydrogen (secondary N) is 1. The zero-order valence-corrected chi connectivity index (χ0v) is 22.7. The molecule has 0 aliphatic heterocycles. The highest BCUT2D eigenvalue weighted by Gasteiger charge is 2.34. The van der Waals surface area contributed by atoms with E-state index in [1.54, 1.807) is 29.2 Å². The van der Waals surface area contributed by atoms with E-state index >= 15 is 0 Å². The van der Waals surface area contributed by atoms with Crippen LogP contribution in [0.5, 0.6) is 5.75 Å². The molecule has 1 saturated carbocycles. The Morgan fingerprint density at radius 1 is 1.00 bits per heavy atom. The first kappa shape index (κ1) is 27.4. The van der Waals surface area contributed by atoms with E-state index in [0.717, 1.165) is 30.6 Å². The Hall–Kier alpha value is -3.65. The predicted molar refractivity (Wildman–Crippen MR) is 149 cm³/mol. The first-order valence-electron chi connectivity index (χ1n) is 13.1. The summed E-state index contributed by atoms with van der Waals surface area (Å²) in [5.41, 5.74) is 1.57. The second kappa shape index (κ2) is 13.2. The molecule has 1 N–H and O–H groups in total. The average Bonchev–Trinajstić information content (AvgIpc) is 3.45. The quantitative estimate of drug-likeness (QED) is 0.337. The SMILES string of the molecule is CCOc1ccc(C(C(=O)NC2CCCCC2)N(C(=O)Cc2cccs2)c2ccc(C(=O)OC)cc2)cc1. The lowest BCUT2D eigenvalue weighted by molar-refractivity contribution is -0.127. The number of anilines is 1. The van der Waals surface area contributed by atoms with Crippen LogP contribution in [0.2, 0.25) is 0 Å². The third-order valence-electron chi connectivity index (χ3n) is 6.71. The van der Waals surface area contributed by atoms with Crippen LogP contribution < -0.4 is 15.0 Å². The van der Waals surface area contributed by atoms with E-state index in [-0.39, 0.29) is 24.3 Å². The van der Waals surface area contributed by atoms with E-state index in [9.17, 15) is 14.4 Å². The molecule has 0 bridgehead atoms. The fourth-order valence-electron chi connectivity index (χ4n) is 4.82. The molecule has 2 aromatic carbocycles. The molecule has 1 atom stereocenters. The molecule has 1 unspecified atom stereocenters. The summed E-state index contributed by atoms with van der Waals surface area (Å²) in [5.74, 6) is -0.207. The summed E-state index contributed by atoms with van der Waals surface area (Å²) < 4.78 is 10.4. The van der Waals surface area contributed by atoms with Crippen molar-refractivity contribution in [3.05, 3.63) is 82.0 Å². The molecule has 1 fully saturated rings. The molecule has 2 amide bonds. The van der Waals surface area contributed by atoms with Crippen LogP contribution in [-0.4, -0.2) is 37.5 Å². The number of esters is 1. The topological polar surface area (TPSA) is 84.9 Å². The van der Waals surface area contributed by atoms with Crippen molar-refractivity contribution in [2.45, 2.75) is 57.5 Å². The number of rotatable bonds is 10. The van der Waals surface area contributed by atoms with Gasteiger partial charge in [0, 0.05) is 16.6 Å². The summed E-state index contributed by atoms with van der Waals surface area (Å²) in [4.78, 5) is 42.4. The Morgan fingerprint density at radius 2 is 1.71 bits per heavy atom. The van der Waals surface area contributed by atoms with Crippen LogP contribution in [0.15, 0.2) is 66.0 Å². The molecular weight excluding hydrogens is 500 g/mol. The minimum Gasteiger partial charge on any atom is -0.494 e. The van der Waals surface area contributed by atoms with Crippen LogP contribution in [0.3, 0.4) is 0 Å². The number of amides is 2. The number of thiophene rings is 1. The molecule has 0 radical (unpaired) electrons. The van der Waals surface area contributed by atoms with Gasteiger partial charge in [0.1, 0.15) is 11.8 Å². The van der Waals surface area contributed by atoms with Gasteiger partial charge >= 0.3 is 5.97 Å². The van der Waals surface area contributed by atoms with Crippen LogP contribution in [0.25, 0.3) is 0 Å². The normalized spacial score (nSPS) is 14.4. The largest absolute Gasteiger partial charge is 0.494 e. The van der Waals surface area contributed by atoms with E-state index in [0.29, 0.717) is 29.2 Å². The van der Waals surface area contributed by atoms with Crippen molar-refractivity contribution in [2.24, 2.45) is 0 Å². The number of carbonyl (C=O) groups is 3. The molecule has 38 heavy (non-hydrogen) atoms. The Kier molecular flexibility index (Phi) is 9.54. The summed E-state index contributed by atoms with van der Waals surface area (Å²) in [6.07, 6.45) is 5.34. The lowest BCUT2D eigenvalue weighted by Crippen LogP contribution is -2.47. The van der Waals surface area contributed by atoms with E-state index in [1.807, 2.05) is 48.7 Å². The first-order valence-corrected chi connectivity index (χ1v) is 13.9. The van der Waals surface area contributed by atoms with Crippen molar-refractivity contribution in [1.82, 2.24) is 5.32 Å². The number of methoxy groups -OCH3 is 1. The monoisotopic (exact) mass is 534 g/mol. The van der Waals surface area contributed by atoms with Crippen LogP contribution in [0.1, 0.15) is 65.9 Å². The van der Waals surface area contributed by atoms with Crippen molar-refractivity contribution in [2.75, 3.05) is 18.6 Å². The van der Waals surface area contributed by atoms with Crippen molar-refractivity contribution in [3.63, 3.8) is 0 Å². The molecule has 1 heterocycles. The Labute approximate surface area is 227 Å². The van der Waals surface area contributed by atoms with Gasteiger partial charge in [-0.3, -0.25) is 14.5 Å². The highest BCUT2D eigenvalue weighted by molar-refractivity contribution is 7.10. The van der Waals surface area contributed by atoms with Crippen molar-refractivity contribution in [3.8, 4) is 5.75 Å². The van der Waals surface area contributed by atoms with Crippen molar-refractivity contribution in [1.29, 1.82) is 0 Å². The molecule has 3 aromatic rings. The number of nitrogens with zero attached hydrogens (tertiary/aromatic N) is 1. The lowest BCUT2D eigenvalue weighted by atomic mass is 9.94. The van der Waals surface area contributed by atoms with Crippen molar-refractivity contribution < 1.29 is 23.9 Å². The van der Waals surface area contributed by atoms with Gasteiger partial charge in [0.25, 0.3) is 0 Å². The Morgan fingerprint density at radius 3 is 2.32 bits per heavy atom. The standard InChI is InChI=1S/C30H34N2O5S/c1-3-37-25-17-13-21(14-18-25)28(29(34)31-23-8-5-4-6-9-23)32(27(33)20-26-10-7-19-38-26)24-15-11-22(12-16-24)30(35)36-2/h7,10-19,23,28H,3-6,8-9,20H2,1-2H3,(H,31,34). The van der Waals surface area contributed by atoms with Gasteiger partial charge in [-0.1, -0.05) is 37.5 Å². The zero-order valence-electron chi connectivity index (χ0n) is 21.9. The minimum atomic E-state index is -0.899. The number of hydrogen-bond acceptors (Lipinski definition) is 6. The van der Waals surface area contributed by atoms with Crippen LogP contribution in [-0.2, 0) is 20.7 Å². The summed E-state index contributed by atoms with van der Waals surface area (Å²) >= 11 is 1.50. The fourth-order valence-corrected chi connectivity index (χ4v) is 5.51. The summed E-state index contributed by atoms with van der Waals surface area (Å²) in [5, 5.41) is 5.15. The molecule has 200 valence electrons. The van der Waals surface area contributed by atoms with Gasteiger partial charge in [-0.05, 0) is 73.2 Å². The maximum Gasteiger partial charge on any atom is 0.337 e. The highest BCUT2D eigenvalue weighted by atomic mass is 32.1. The summed E-state index contributed by atoms with van der Waals surface area (Å²) in [7, 11) is 1.32. The van der Waals surface area contributed by atoms with Gasteiger partial charge in [-0.15, -0.1) is 11.3 Å². The van der Waals surface area contributed by atoms with Gasteiger partial charge < -0.3 is 14.8 Å². The number of ether oxygens (including phenoxy) is 2. The number of benzene rings is 2. The number of carbonyl (C=O) groups excluding carboxylic acids is 3. The van der Waals surface area contributed by atoms with Crippen LogP contribution >= 0.6 is 11.3 Å². The van der Waals surface area contributed by atoms with Gasteiger partial charge in [0.05, 0.1) is 25.7 Å². The van der Waals surface area contributed by atoms with Gasteiger partial charge in [0.2, 0.25) is 11.8 Å². The van der Waals surface area contributed by atoms with Gasteiger partial charge in [-0.2, -0.15) is 0 Å². The third kappa shape index (κ3) is 6.81. The molecule has 0 spiro atoms. The molecule has 4 rings (SSSR count). The second-order valence-electron chi connectivity index (χ2n) is 9.31. The molecule has 8 heteroatoms. The van der Waals surface area contributed by atoms with E-state index < -0.39 is 12.0 Å². The second-order valence-corrected chi connectivity index (χ2v) is 10.3. The zero-order chi connectivity index (χ0) is 26.9. The average molecular weight is 535 g/mol. The maximum atomic E-state index is 14.0. The fraction of sp³-hybridized carbons (Fsp3) is 0.367.